The van der Waals surface area contributed by atoms with Gasteiger partial charge in [0.1, 0.15) is 11.5 Å². The van der Waals surface area contributed by atoms with E-state index in [4.69, 9.17) is 4.74 Å². The van der Waals surface area contributed by atoms with Gasteiger partial charge in [-0.3, -0.25) is 0 Å². The molecule has 1 N–H and O–H groups in total. The van der Waals surface area contributed by atoms with E-state index >= 15 is 0 Å². The van der Waals surface area contributed by atoms with Crippen LogP contribution >= 0.6 is 0 Å². The molecule has 2 aromatic carbocycles. The van der Waals surface area contributed by atoms with Gasteiger partial charge in [0.05, 0.1) is 7.11 Å². The van der Waals surface area contributed by atoms with Crippen LogP contribution in [0.2, 0.25) is 0 Å². The molecule has 0 spiro atoms. The second-order valence-electron chi connectivity index (χ2n) is 9.28. The van der Waals surface area contributed by atoms with E-state index in [0.29, 0.717) is 5.75 Å². The molecule has 27 heavy (non-hydrogen) atoms. The molecule has 0 aliphatic rings. The lowest BCUT2D eigenvalue weighted by molar-refractivity contribution is 0.407. The lowest BCUT2D eigenvalue weighted by Gasteiger charge is -2.30. The van der Waals surface area contributed by atoms with Crippen LogP contribution in [-0.2, 0) is 10.8 Å². The van der Waals surface area contributed by atoms with Crippen LogP contribution in [0, 0.1) is 0 Å². The summed E-state index contributed by atoms with van der Waals surface area (Å²) in [5.74, 6) is 1.42. The number of rotatable bonds is 5. The molecule has 0 saturated heterocycles. The molecule has 1 atom stereocenters. The summed E-state index contributed by atoms with van der Waals surface area (Å²) in [6.45, 7) is 16.8. The van der Waals surface area contributed by atoms with Crippen LogP contribution in [0.4, 0.5) is 0 Å². The van der Waals surface area contributed by atoms with Crippen molar-refractivity contribution >= 4 is 0 Å². The fourth-order valence-electron chi connectivity index (χ4n) is 3.56. The van der Waals surface area contributed by atoms with Crippen LogP contribution in [0.1, 0.15) is 76.1 Å². The third-order valence-electron chi connectivity index (χ3n) is 5.07. The lowest BCUT2D eigenvalue weighted by atomic mass is 9.75. The van der Waals surface area contributed by atoms with Gasteiger partial charge >= 0.3 is 0 Å². The molecule has 0 fully saturated rings. The summed E-state index contributed by atoms with van der Waals surface area (Å²) < 4.78 is 5.63. The van der Waals surface area contributed by atoms with Gasteiger partial charge in [0, 0.05) is 11.5 Å². The Morgan fingerprint density at radius 2 is 1.52 bits per heavy atom. The van der Waals surface area contributed by atoms with Gasteiger partial charge in [0.2, 0.25) is 0 Å². The number of hydrogen-bond acceptors (Lipinski definition) is 2. The molecule has 2 aromatic rings. The number of aromatic hydroxyl groups is 1. The quantitative estimate of drug-likeness (QED) is 0.596. The molecule has 146 valence electrons. The van der Waals surface area contributed by atoms with E-state index in [1.165, 1.54) is 5.56 Å². The molecular formula is C25H34O2. The first-order valence-electron chi connectivity index (χ1n) is 9.62. The van der Waals surface area contributed by atoms with Gasteiger partial charge in [-0.05, 0) is 40.0 Å². The van der Waals surface area contributed by atoms with Crippen LogP contribution in [0.3, 0.4) is 0 Å². The summed E-state index contributed by atoms with van der Waals surface area (Å²) in [5, 5.41) is 11.0. The average Bonchev–Trinajstić information content (AvgIpc) is 2.58. The predicted octanol–water partition coefficient (Wildman–Crippen LogP) is 6.70. The standard InChI is InChI=1S/C25H34O2/c1-9-12-18(19-13-10-11-14-22(19)27-8)17-15-20(24(2,3)4)23(26)21(16-17)25(5,6)7/h9-11,13-16,18,26H,1,12H2,2-8H3. The number of benzene rings is 2. The largest absolute Gasteiger partial charge is 0.507 e. The number of phenolic OH excluding ortho intramolecular Hbond substituents is 1. The molecule has 0 heterocycles. The third kappa shape index (κ3) is 4.55. The predicted molar refractivity (Wildman–Crippen MR) is 115 cm³/mol. The maximum absolute atomic E-state index is 11.0. The molecule has 2 rings (SSSR count). The zero-order chi connectivity index (χ0) is 20.4. The number of hydrogen-bond donors (Lipinski definition) is 1. The maximum Gasteiger partial charge on any atom is 0.123 e. The smallest absolute Gasteiger partial charge is 0.123 e. The summed E-state index contributed by atoms with van der Waals surface area (Å²) in [4.78, 5) is 0. The molecule has 0 aromatic heterocycles. The normalized spacial score (nSPS) is 13.3. The van der Waals surface area contributed by atoms with Gasteiger partial charge in [0.25, 0.3) is 0 Å². The van der Waals surface area contributed by atoms with Gasteiger partial charge in [-0.25, -0.2) is 0 Å². The Balaban J connectivity index is 2.78. The molecule has 0 amide bonds. The summed E-state index contributed by atoms with van der Waals surface area (Å²) in [5.41, 5.74) is 3.99. The SMILES string of the molecule is C=CCC(c1cc(C(C)(C)C)c(O)c(C(C)(C)C)c1)c1ccccc1OC. The number of allylic oxidation sites excluding steroid dienone is 1. The Labute approximate surface area is 164 Å². The van der Waals surface area contributed by atoms with Gasteiger partial charge in [-0.2, -0.15) is 0 Å². The van der Waals surface area contributed by atoms with Crippen molar-refractivity contribution in [2.45, 2.75) is 64.7 Å². The van der Waals surface area contributed by atoms with Crippen LogP contribution in [0.5, 0.6) is 11.5 Å². The second kappa shape index (κ2) is 7.80. The first kappa shape index (κ1) is 21.1. The fourth-order valence-corrected chi connectivity index (χ4v) is 3.56. The third-order valence-corrected chi connectivity index (χ3v) is 5.07. The molecule has 0 aliphatic heterocycles. The highest BCUT2D eigenvalue weighted by Crippen LogP contribution is 2.43. The maximum atomic E-state index is 11.0. The van der Waals surface area contributed by atoms with Crippen LogP contribution in [-0.4, -0.2) is 12.2 Å². The Morgan fingerprint density at radius 1 is 1.00 bits per heavy atom. The highest BCUT2D eigenvalue weighted by Gasteiger charge is 2.29. The molecule has 1 unspecified atom stereocenters. The van der Waals surface area contributed by atoms with Crippen molar-refractivity contribution in [2.24, 2.45) is 0 Å². The molecular weight excluding hydrogens is 332 g/mol. The van der Waals surface area contributed by atoms with Gasteiger partial charge in [0.15, 0.2) is 0 Å². The Bertz CT molecular complexity index is 769. The van der Waals surface area contributed by atoms with E-state index in [1.807, 2.05) is 24.3 Å². The van der Waals surface area contributed by atoms with E-state index in [1.54, 1.807) is 7.11 Å². The van der Waals surface area contributed by atoms with Crippen molar-refractivity contribution in [1.29, 1.82) is 0 Å². The number of para-hydroxylation sites is 1. The highest BCUT2D eigenvalue weighted by atomic mass is 16.5. The lowest BCUT2D eigenvalue weighted by Crippen LogP contribution is -2.18. The Hall–Kier alpha value is -2.22. The van der Waals surface area contributed by atoms with E-state index in [9.17, 15) is 5.11 Å². The molecule has 0 radical (unpaired) electrons. The number of phenols is 1. The first-order chi connectivity index (χ1) is 12.5. The summed E-state index contributed by atoms with van der Waals surface area (Å²) in [6.07, 6.45) is 2.76. The average molecular weight is 367 g/mol. The van der Waals surface area contributed by atoms with Crippen LogP contribution < -0.4 is 4.74 Å². The van der Waals surface area contributed by atoms with Crippen molar-refractivity contribution in [3.63, 3.8) is 0 Å². The van der Waals surface area contributed by atoms with Crippen LogP contribution in [0.15, 0.2) is 49.1 Å². The van der Waals surface area contributed by atoms with Crippen LogP contribution in [0.25, 0.3) is 0 Å². The first-order valence-corrected chi connectivity index (χ1v) is 9.62. The number of methoxy groups -OCH3 is 1. The molecule has 0 saturated carbocycles. The number of ether oxygens (including phenoxy) is 1. The zero-order valence-corrected chi connectivity index (χ0v) is 17.9. The summed E-state index contributed by atoms with van der Waals surface area (Å²) in [6, 6.07) is 12.5. The topological polar surface area (TPSA) is 29.5 Å². The minimum atomic E-state index is -0.153. The fraction of sp³-hybridized carbons (Fsp3) is 0.440. The Morgan fingerprint density at radius 3 is 1.96 bits per heavy atom. The van der Waals surface area contributed by atoms with Crippen molar-refractivity contribution in [2.75, 3.05) is 7.11 Å². The molecule has 0 bridgehead atoms. The van der Waals surface area contributed by atoms with Crippen molar-refractivity contribution in [3.8, 4) is 11.5 Å². The van der Waals surface area contributed by atoms with Crippen molar-refractivity contribution < 1.29 is 9.84 Å². The second-order valence-corrected chi connectivity index (χ2v) is 9.28. The van der Waals surface area contributed by atoms with Crippen molar-refractivity contribution in [3.05, 3.63) is 71.3 Å². The van der Waals surface area contributed by atoms with E-state index in [2.05, 4.69) is 66.3 Å². The van der Waals surface area contributed by atoms with Gasteiger partial charge < -0.3 is 9.84 Å². The van der Waals surface area contributed by atoms with Crippen molar-refractivity contribution in [1.82, 2.24) is 0 Å². The summed E-state index contributed by atoms with van der Waals surface area (Å²) in [7, 11) is 1.71. The minimum Gasteiger partial charge on any atom is -0.507 e. The highest BCUT2D eigenvalue weighted by molar-refractivity contribution is 5.53. The molecule has 0 aliphatic carbocycles. The van der Waals surface area contributed by atoms with Gasteiger partial charge in [-0.1, -0.05) is 78.0 Å². The van der Waals surface area contributed by atoms with E-state index < -0.39 is 0 Å². The van der Waals surface area contributed by atoms with E-state index in [0.717, 1.165) is 28.9 Å². The summed E-state index contributed by atoms with van der Waals surface area (Å²) >= 11 is 0. The monoisotopic (exact) mass is 366 g/mol. The molecule has 2 heteroatoms. The van der Waals surface area contributed by atoms with Gasteiger partial charge in [-0.15, -0.1) is 6.58 Å². The van der Waals surface area contributed by atoms with E-state index in [-0.39, 0.29) is 16.7 Å². The molecule has 2 nitrogen and oxygen atoms in total. The minimum absolute atomic E-state index is 0.126. The zero-order valence-electron chi connectivity index (χ0n) is 17.9. The Kier molecular flexibility index (Phi) is 6.09.